The standard InChI is InChI=1S/C23H30N2O7/c1-8-25-13(2)9-17(15(25)4)18(26)12-32-23(28)14(3)24-22(27)16-10-19(29-5)21(31-7)20(11-16)30-6/h9-11,14H,8,12H2,1-7H3,(H,24,27)/t14-/m0/s1. The van der Waals surface area contributed by atoms with Gasteiger partial charge in [-0.2, -0.15) is 0 Å². The first-order chi connectivity index (χ1) is 15.2. The number of Topliss-reactive ketones (excluding diaryl/α,β-unsaturated/α-hetero) is 1. The molecule has 0 fully saturated rings. The van der Waals surface area contributed by atoms with Crippen molar-refractivity contribution in [1.82, 2.24) is 9.88 Å². The van der Waals surface area contributed by atoms with Gasteiger partial charge in [0.1, 0.15) is 6.04 Å². The summed E-state index contributed by atoms with van der Waals surface area (Å²) < 4.78 is 22.9. The van der Waals surface area contributed by atoms with Crippen molar-refractivity contribution >= 4 is 17.7 Å². The molecule has 32 heavy (non-hydrogen) atoms. The molecule has 0 aliphatic carbocycles. The van der Waals surface area contributed by atoms with Crippen molar-refractivity contribution in [2.24, 2.45) is 0 Å². The summed E-state index contributed by atoms with van der Waals surface area (Å²) in [4.78, 5) is 37.5. The number of ketones is 1. The zero-order valence-corrected chi connectivity index (χ0v) is 19.5. The predicted molar refractivity (Wildman–Crippen MR) is 118 cm³/mol. The molecule has 0 saturated heterocycles. The highest BCUT2D eigenvalue weighted by atomic mass is 16.5. The quantitative estimate of drug-likeness (QED) is 0.442. The molecule has 1 N–H and O–H groups in total. The summed E-state index contributed by atoms with van der Waals surface area (Å²) in [5, 5.41) is 2.55. The summed E-state index contributed by atoms with van der Waals surface area (Å²) >= 11 is 0. The second-order valence-corrected chi connectivity index (χ2v) is 7.17. The van der Waals surface area contributed by atoms with Crippen LogP contribution in [-0.2, 0) is 16.1 Å². The monoisotopic (exact) mass is 446 g/mol. The highest BCUT2D eigenvalue weighted by Crippen LogP contribution is 2.38. The fourth-order valence-electron chi connectivity index (χ4n) is 3.46. The molecular formula is C23H30N2O7. The third-order valence-electron chi connectivity index (χ3n) is 5.16. The predicted octanol–water partition coefficient (Wildman–Crippen LogP) is 2.70. The molecular weight excluding hydrogens is 416 g/mol. The van der Waals surface area contributed by atoms with Crippen LogP contribution in [0.4, 0.5) is 0 Å². The number of hydrogen-bond donors (Lipinski definition) is 1. The number of esters is 1. The summed E-state index contributed by atoms with van der Waals surface area (Å²) in [6.45, 7) is 7.58. The molecule has 0 aliphatic heterocycles. The van der Waals surface area contributed by atoms with E-state index < -0.39 is 24.5 Å². The first-order valence-electron chi connectivity index (χ1n) is 10.2. The Kier molecular flexibility index (Phi) is 8.28. The minimum absolute atomic E-state index is 0.210. The van der Waals surface area contributed by atoms with E-state index in [4.69, 9.17) is 18.9 Å². The summed E-state index contributed by atoms with van der Waals surface area (Å²) in [7, 11) is 4.33. The lowest BCUT2D eigenvalue weighted by molar-refractivity contribution is -0.144. The molecule has 0 saturated carbocycles. The van der Waals surface area contributed by atoms with Crippen LogP contribution in [0.3, 0.4) is 0 Å². The maximum Gasteiger partial charge on any atom is 0.328 e. The minimum Gasteiger partial charge on any atom is -0.493 e. The first-order valence-corrected chi connectivity index (χ1v) is 10.2. The highest BCUT2D eigenvalue weighted by molar-refractivity contribution is 6.00. The van der Waals surface area contributed by atoms with Gasteiger partial charge in [0.25, 0.3) is 5.91 Å². The Labute approximate surface area is 187 Å². The molecule has 0 unspecified atom stereocenters. The van der Waals surface area contributed by atoms with Gasteiger partial charge in [0.05, 0.1) is 21.3 Å². The van der Waals surface area contributed by atoms with Gasteiger partial charge in [-0.3, -0.25) is 9.59 Å². The van der Waals surface area contributed by atoms with Crippen LogP contribution in [0.25, 0.3) is 0 Å². The van der Waals surface area contributed by atoms with E-state index in [1.807, 2.05) is 25.3 Å². The van der Waals surface area contributed by atoms with E-state index in [1.165, 1.54) is 40.4 Å². The van der Waals surface area contributed by atoms with Crippen molar-refractivity contribution in [3.05, 3.63) is 40.7 Å². The summed E-state index contributed by atoms with van der Waals surface area (Å²) in [5.41, 5.74) is 2.52. The van der Waals surface area contributed by atoms with Gasteiger partial charge in [-0.1, -0.05) is 0 Å². The van der Waals surface area contributed by atoms with Gasteiger partial charge in [-0.05, 0) is 45.9 Å². The zero-order valence-electron chi connectivity index (χ0n) is 19.5. The topological polar surface area (TPSA) is 105 Å². The van der Waals surface area contributed by atoms with Crippen LogP contribution >= 0.6 is 0 Å². The van der Waals surface area contributed by atoms with Crippen LogP contribution in [0.1, 0.15) is 46.0 Å². The van der Waals surface area contributed by atoms with E-state index in [0.29, 0.717) is 22.8 Å². The van der Waals surface area contributed by atoms with E-state index in [-0.39, 0.29) is 11.3 Å². The average Bonchev–Trinajstić information content (AvgIpc) is 3.08. The average molecular weight is 447 g/mol. The van der Waals surface area contributed by atoms with Gasteiger partial charge in [-0.25, -0.2) is 4.79 Å². The second kappa shape index (κ2) is 10.7. The normalized spacial score (nSPS) is 11.5. The lowest BCUT2D eigenvalue weighted by atomic mass is 10.1. The van der Waals surface area contributed by atoms with Gasteiger partial charge in [0.2, 0.25) is 11.5 Å². The molecule has 174 valence electrons. The fraction of sp³-hybridized carbons (Fsp3) is 0.435. The molecule has 1 atom stereocenters. The lowest BCUT2D eigenvalue weighted by Crippen LogP contribution is -2.40. The van der Waals surface area contributed by atoms with Crippen molar-refractivity contribution in [1.29, 1.82) is 0 Å². The van der Waals surface area contributed by atoms with Crippen LogP contribution in [-0.4, -0.2) is 56.2 Å². The van der Waals surface area contributed by atoms with E-state index in [1.54, 1.807) is 6.07 Å². The molecule has 1 amide bonds. The molecule has 0 spiro atoms. The largest absolute Gasteiger partial charge is 0.493 e. The van der Waals surface area contributed by atoms with Crippen LogP contribution in [0.2, 0.25) is 0 Å². The Morgan fingerprint density at radius 3 is 2.06 bits per heavy atom. The van der Waals surface area contributed by atoms with Gasteiger partial charge in [-0.15, -0.1) is 0 Å². The summed E-state index contributed by atoms with van der Waals surface area (Å²) in [6.07, 6.45) is 0. The van der Waals surface area contributed by atoms with Crippen LogP contribution in [0.15, 0.2) is 18.2 Å². The number of carbonyl (C=O) groups excluding carboxylic acids is 3. The number of hydrogen-bond acceptors (Lipinski definition) is 7. The number of ether oxygens (including phenoxy) is 4. The van der Waals surface area contributed by atoms with Gasteiger partial charge >= 0.3 is 5.97 Å². The smallest absolute Gasteiger partial charge is 0.328 e. The number of aryl methyl sites for hydroxylation is 1. The van der Waals surface area contributed by atoms with Gasteiger partial charge in [0, 0.05) is 29.1 Å². The molecule has 2 rings (SSSR count). The number of nitrogens with one attached hydrogen (secondary N) is 1. The van der Waals surface area contributed by atoms with E-state index >= 15 is 0 Å². The van der Waals surface area contributed by atoms with Gasteiger partial charge in [0.15, 0.2) is 18.1 Å². The number of rotatable bonds is 10. The number of methoxy groups -OCH3 is 3. The van der Waals surface area contributed by atoms with Crippen molar-refractivity contribution in [2.45, 2.75) is 40.3 Å². The van der Waals surface area contributed by atoms with Crippen molar-refractivity contribution in [2.75, 3.05) is 27.9 Å². The Hall–Kier alpha value is -3.49. The molecule has 0 aliphatic rings. The molecule has 1 aromatic heterocycles. The molecule has 9 nitrogen and oxygen atoms in total. The Balaban J connectivity index is 2.03. The Morgan fingerprint density at radius 2 is 1.59 bits per heavy atom. The zero-order chi connectivity index (χ0) is 24.0. The Bertz CT molecular complexity index is 985. The molecule has 0 bridgehead atoms. The highest BCUT2D eigenvalue weighted by Gasteiger charge is 2.23. The van der Waals surface area contributed by atoms with Crippen LogP contribution < -0.4 is 19.5 Å². The number of nitrogens with zero attached hydrogens (tertiary/aromatic N) is 1. The van der Waals surface area contributed by atoms with E-state index in [0.717, 1.165) is 17.9 Å². The number of amides is 1. The maximum atomic E-state index is 12.6. The third kappa shape index (κ3) is 5.22. The molecule has 1 heterocycles. The Morgan fingerprint density at radius 1 is 1.00 bits per heavy atom. The first kappa shape index (κ1) is 24.8. The van der Waals surface area contributed by atoms with E-state index in [9.17, 15) is 14.4 Å². The van der Waals surface area contributed by atoms with Crippen molar-refractivity contribution in [3.63, 3.8) is 0 Å². The second-order valence-electron chi connectivity index (χ2n) is 7.17. The summed E-state index contributed by atoms with van der Waals surface area (Å²) in [5.74, 6) is -0.589. The number of carbonyl (C=O) groups is 3. The van der Waals surface area contributed by atoms with Crippen molar-refractivity contribution in [3.8, 4) is 17.2 Å². The third-order valence-corrected chi connectivity index (χ3v) is 5.16. The fourth-order valence-corrected chi connectivity index (χ4v) is 3.46. The minimum atomic E-state index is -0.975. The van der Waals surface area contributed by atoms with E-state index in [2.05, 4.69) is 5.32 Å². The summed E-state index contributed by atoms with van der Waals surface area (Å²) in [6, 6.07) is 3.76. The molecule has 1 aromatic carbocycles. The lowest BCUT2D eigenvalue weighted by Gasteiger charge is -2.16. The number of benzene rings is 1. The molecule has 0 radical (unpaired) electrons. The maximum absolute atomic E-state index is 12.6. The SMILES string of the molecule is CCn1c(C)cc(C(=O)COC(=O)[C@H](C)NC(=O)c2cc(OC)c(OC)c(OC)c2)c1C. The molecule has 2 aromatic rings. The van der Waals surface area contributed by atoms with Crippen LogP contribution in [0.5, 0.6) is 17.2 Å². The molecule has 9 heteroatoms. The van der Waals surface area contributed by atoms with Gasteiger partial charge < -0.3 is 28.8 Å². The van der Waals surface area contributed by atoms with Crippen LogP contribution in [0, 0.1) is 13.8 Å². The number of aromatic nitrogens is 1. The van der Waals surface area contributed by atoms with Crippen molar-refractivity contribution < 1.29 is 33.3 Å².